The van der Waals surface area contributed by atoms with Gasteiger partial charge in [-0.3, -0.25) is 5.43 Å². The summed E-state index contributed by atoms with van der Waals surface area (Å²) >= 11 is 9.35. The second-order valence-electron chi connectivity index (χ2n) is 3.83. The van der Waals surface area contributed by atoms with Crippen molar-refractivity contribution in [2.24, 2.45) is 5.10 Å². The fourth-order valence-corrected chi connectivity index (χ4v) is 2.07. The van der Waals surface area contributed by atoms with E-state index < -0.39 is 0 Å². The van der Waals surface area contributed by atoms with E-state index in [1.165, 1.54) is 0 Å². The maximum Gasteiger partial charge on any atom is 0.0648 e. The third kappa shape index (κ3) is 3.59. The summed E-state index contributed by atoms with van der Waals surface area (Å²) in [6.07, 6.45) is 0. The summed E-state index contributed by atoms with van der Waals surface area (Å²) in [7, 11) is 0. The number of benzene rings is 2. The van der Waals surface area contributed by atoms with E-state index in [2.05, 4.69) is 26.5 Å². The molecule has 0 aliphatic heterocycles. The summed E-state index contributed by atoms with van der Waals surface area (Å²) in [6.45, 7) is 1.96. The molecule has 92 valence electrons. The zero-order valence-corrected chi connectivity index (χ0v) is 12.2. The van der Waals surface area contributed by atoms with Crippen LogP contribution in [-0.2, 0) is 0 Å². The highest BCUT2D eigenvalue weighted by atomic mass is 79.9. The second kappa shape index (κ2) is 6.03. The lowest BCUT2D eigenvalue weighted by molar-refractivity contribution is 1.32. The van der Waals surface area contributed by atoms with E-state index in [4.69, 9.17) is 11.6 Å². The molecular formula is C14H12BrClN2. The lowest BCUT2D eigenvalue weighted by atomic mass is 10.1. The largest absolute Gasteiger partial charge is 0.278 e. The second-order valence-corrected chi connectivity index (χ2v) is 5.18. The average molecular weight is 324 g/mol. The summed E-state index contributed by atoms with van der Waals surface area (Å²) in [5.41, 5.74) is 5.85. The fraction of sp³-hybridized carbons (Fsp3) is 0.0714. The van der Waals surface area contributed by atoms with E-state index in [9.17, 15) is 0 Å². The van der Waals surface area contributed by atoms with Crippen LogP contribution in [-0.4, -0.2) is 5.71 Å². The molecule has 0 bridgehead atoms. The molecule has 0 heterocycles. The van der Waals surface area contributed by atoms with Crippen LogP contribution in [0.1, 0.15) is 12.5 Å². The molecule has 0 amide bonds. The van der Waals surface area contributed by atoms with Crippen molar-refractivity contribution in [2.45, 2.75) is 6.92 Å². The first kappa shape index (κ1) is 13.1. The molecule has 0 aromatic heterocycles. The molecule has 18 heavy (non-hydrogen) atoms. The molecule has 2 aromatic carbocycles. The van der Waals surface area contributed by atoms with Crippen LogP contribution >= 0.6 is 27.5 Å². The molecule has 0 aliphatic rings. The molecule has 1 N–H and O–H groups in total. The van der Waals surface area contributed by atoms with Gasteiger partial charge in [0.05, 0.1) is 11.4 Å². The molecule has 0 radical (unpaired) electrons. The van der Waals surface area contributed by atoms with Crippen LogP contribution in [0.2, 0.25) is 5.02 Å². The highest BCUT2D eigenvalue weighted by molar-refractivity contribution is 9.10. The van der Waals surface area contributed by atoms with Gasteiger partial charge < -0.3 is 0 Å². The number of halogens is 2. The molecule has 0 spiro atoms. The Hall–Kier alpha value is -1.32. The van der Waals surface area contributed by atoms with Gasteiger partial charge in [0.2, 0.25) is 0 Å². The molecule has 0 atom stereocenters. The molecule has 0 unspecified atom stereocenters. The number of hydrazone groups is 1. The molecule has 2 rings (SSSR count). The zero-order chi connectivity index (χ0) is 13.0. The smallest absolute Gasteiger partial charge is 0.0648 e. The predicted octanol–water partition coefficient (Wildman–Crippen LogP) is 4.94. The van der Waals surface area contributed by atoms with Crippen molar-refractivity contribution in [1.82, 2.24) is 0 Å². The molecule has 2 nitrogen and oxygen atoms in total. The van der Waals surface area contributed by atoms with E-state index >= 15 is 0 Å². The molecule has 0 fully saturated rings. The van der Waals surface area contributed by atoms with Crippen molar-refractivity contribution < 1.29 is 0 Å². The highest BCUT2D eigenvalue weighted by Gasteiger charge is 1.98. The predicted molar refractivity (Wildman–Crippen MR) is 81.4 cm³/mol. The maximum absolute atomic E-state index is 5.90. The number of anilines is 1. The minimum absolute atomic E-state index is 0.690. The lowest BCUT2D eigenvalue weighted by Crippen LogP contribution is -1.99. The van der Waals surface area contributed by atoms with Crippen LogP contribution in [0.3, 0.4) is 0 Å². The van der Waals surface area contributed by atoms with Crippen molar-refractivity contribution in [3.63, 3.8) is 0 Å². The van der Waals surface area contributed by atoms with E-state index in [0.29, 0.717) is 5.02 Å². The quantitative estimate of drug-likeness (QED) is 0.628. The summed E-state index contributed by atoms with van der Waals surface area (Å²) in [4.78, 5) is 0. The van der Waals surface area contributed by atoms with Gasteiger partial charge in [-0.05, 0) is 42.8 Å². The van der Waals surface area contributed by atoms with E-state index in [-0.39, 0.29) is 0 Å². The van der Waals surface area contributed by atoms with E-state index in [0.717, 1.165) is 21.4 Å². The Balaban J connectivity index is 2.14. The third-order valence-electron chi connectivity index (χ3n) is 2.42. The number of nitrogens with one attached hydrogen (secondary N) is 1. The number of rotatable bonds is 3. The van der Waals surface area contributed by atoms with Crippen molar-refractivity contribution in [1.29, 1.82) is 0 Å². The first-order valence-corrected chi connectivity index (χ1v) is 6.64. The Morgan fingerprint density at radius 3 is 2.67 bits per heavy atom. The molecule has 0 aliphatic carbocycles. The van der Waals surface area contributed by atoms with Gasteiger partial charge in [0.25, 0.3) is 0 Å². The van der Waals surface area contributed by atoms with Crippen LogP contribution in [0, 0.1) is 0 Å². The Labute approximate surface area is 120 Å². The molecule has 0 saturated carbocycles. The standard InChI is InChI=1S/C14H12BrClN2/c1-10(11-4-2-5-12(15)8-11)17-18-14-7-3-6-13(16)9-14/h2-9,18H,1H3/b17-10-. The lowest BCUT2D eigenvalue weighted by Gasteiger charge is -2.04. The molecule has 4 heteroatoms. The normalized spacial score (nSPS) is 11.4. The molecular weight excluding hydrogens is 312 g/mol. The SMILES string of the molecule is C/C(=N/Nc1cccc(Cl)c1)c1cccc(Br)c1. The van der Waals surface area contributed by atoms with Gasteiger partial charge in [0.15, 0.2) is 0 Å². The number of nitrogens with zero attached hydrogens (tertiary/aromatic N) is 1. The Morgan fingerprint density at radius 2 is 1.94 bits per heavy atom. The van der Waals surface area contributed by atoms with Gasteiger partial charge >= 0.3 is 0 Å². The highest BCUT2D eigenvalue weighted by Crippen LogP contribution is 2.16. The zero-order valence-electron chi connectivity index (χ0n) is 9.82. The summed E-state index contributed by atoms with van der Waals surface area (Å²) in [6, 6.07) is 15.5. The Kier molecular flexibility index (Phi) is 4.39. The van der Waals surface area contributed by atoms with Crippen molar-refractivity contribution in [2.75, 3.05) is 5.43 Å². The topological polar surface area (TPSA) is 24.4 Å². The minimum Gasteiger partial charge on any atom is -0.278 e. The average Bonchev–Trinajstić information content (AvgIpc) is 2.36. The fourth-order valence-electron chi connectivity index (χ4n) is 1.48. The van der Waals surface area contributed by atoms with Gasteiger partial charge in [-0.25, -0.2) is 0 Å². The van der Waals surface area contributed by atoms with Crippen LogP contribution < -0.4 is 5.43 Å². The van der Waals surface area contributed by atoms with Crippen LogP contribution in [0.15, 0.2) is 58.1 Å². The van der Waals surface area contributed by atoms with Crippen LogP contribution in [0.5, 0.6) is 0 Å². The van der Waals surface area contributed by atoms with E-state index in [1.54, 1.807) is 0 Å². The van der Waals surface area contributed by atoms with Gasteiger partial charge in [-0.1, -0.05) is 45.7 Å². The van der Waals surface area contributed by atoms with Crippen LogP contribution in [0.25, 0.3) is 0 Å². The van der Waals surface area contributed by atoms with Gasteiger partial charge in [-0.2, -0.15) is 5.10 Å². The summed E-state index contributed by atoms with van der Waals surface area (Å²) < 4.78 is 1.04. The van der Waals surface area contributed by atoms with Crippen molar-refractivity contribution >= 4 is 38.9 Å². The third-order valence-corrected chi connectivity index (χ3v) is 3.15. The monoisotopic (exact) mass is 322 g/mol. The van der Waals surface area contributed by atoms with Crippen molar-refractivity contribution in [3.05, 3.63) is 63.6 Å². The van der Waals surface area contributed by atoms with Crippen LogP contribution in [0.4, 0.5) is 5.69 Å². The number of hydrogen-bond donors (Lipinski definition) is 1. The molecule has 2 aromatic rings. The Bertz CT molecular complexity index is 582. The summed E-state index contributed by atoms with van der Waals surface area (Å²) in [5.74, 6) is 0. The van der Waals surface area contributed by atoms with E-state index in [1.807, 2.05) is 55.5 Å². The van der Waals surface area contributed by atoms with Gasteiger partial charge in [0, 0.05) is 9.50 Å². The first-order chi connectivity index (χ1) is 8.65. The van der Waals surface area contributed by atoms with Crippen molar-refractivity contribution in [3.8, 4) is 0 Å². The molecule has 0 saturated heterocycles. The first-order valence-electron chi connectivity index (χ1n) is 5.47. The number of hydrogen-bond acceptors (Lipinski definition) is 2. The summed E-state index contributed by atoms with van der Waals surface area (Å²) in [5, 5.41) is 5.02. The maximum atomic E-state index is 5.90. The van der Waals surface area contributed by atoms with Gasteiger partial charge in [0.1, 0.15) is 0 Å². The minimum atomic E-state index is 0.690. The van der Waals surface area contributed by atoms with Gasteiger partial charge in [-0.15, -0.1) is 0 Å². The Morgan fingerprint density at radius 1 is 1.17 bits per heavy atom.